The SMILES string of the molecule is O=C1OC(=O)c2oncc21. The zero-order valence-corrected chi connectivity index (χ0v) is 4.66. The van der Waals surface area contributed by atoms with Gasteiger partial charge in [-0.15, -0.1) is 0 Å². The molecule has 0 N–H and O–H groups in total. The van der Waals surface area contributed by atoms with Gasteiger partial charge in [0.25, 0.3) is 5.76 Å². The van der Waals surface area contributed by atoms with Crippen LogP contribution in [0.15, 0.2) is 10.7 Å². The minimum Gasteiger partial charge on any atom is -0.383 e. The molecule has 2 rings (SSSR count). The molecule has 2 heterocycles. The maximum atomic E-state index is 10.6. The van der Waals surface area contributed by atoms with E-state index in [1.165, 1.54) is 0 Å². The number of aromatic nitrogens is 1. The van der Waals surface area contributed by atoms with Crippen LogP contribution in [-0.2, 0) is 4.74 Å². The van der Waals surface area contributed by atoms with Crippen LogP contribution >= 0.6 is 0 Å². The van der Waals surface area contributed by atoms with Gasteiger partial charge in [0.2, 0.25) is 0 Å². The molecule has 1 aromatic rings. The van der Waals surface area contributed by atoms with Crippen LogP contribution < -0.4 is 0 Å². The zero-order chi connectivity index (χ0) is 7.14. The number of esters is 2. The Morgan fingerprint density at radius 1 is 1.30 bits per heavy atom. The molecule has 0 unspecified atom stereocenters. The van der Waals surface area contributed by atoms with Gasteiger partial charge in [0.05, 0.1) is 6.20 Å². The predicted molar refractivity (Wildman–Crippen MR) is 26.2 cm³/mol. The normalized spacial score (nSPS) is 15.2. The van der Waals surface area contributed by atoms with Gasteiger partial charge in [0.1, 0.15) is 5.56 Å². The zero-order valence-electron chi connectivity index (χ0n) is 4.66. The number of nitrogens with zero attached hydrogens (tertiary/aromatic N) is 1. The summed E-state index contributed by atoms with van der Waals surface area (Å²) >= 11 is 0. The fourth-order valence-electron chi connectivity index (χ4n) is 0.718. The molecule has 0 amide bonds. The average Bonchev–Trinajstić information content (AvgIpc) is 2.39. The van der Waals surface area contributed by atoms with E-state index in [4.69, 9.17) is 0 Å². The topological polar surface area (TPSA) is 69.4 Å². The second-order valence-corrected chi connectivity index (χ2v) is 1.75. The van der Waals surface area contributed by atoms with Gasteiger partial charge in [-0.3, -0.25) is 0 Å². The number of cyclic esters (lactones) is 2. The molecule has 5 nitrogen and oxygen atoms in total. The summed E-state index contributed by atoms with van der Waals surface area (Å²) in [6.07, 6.45) is 1.16. The van der Waals surface area contributed by atoms with Crippen LogP contribution in [0.2, 0.25) is 0 Å². The van der Waals surface area contributed by atoms with Gasteiger partial charge in [-0.2, -0.15) is 0 Å². The Bertz CT molecular complexity index is 285. The number of carbonyl (C=O) groups excluding carboxylic acids is 2. The molecule has 0 aromatic carbocycles. The lowest BCUT2D eigenvalue weighted by Gasteiger charge is -1.82. The van der Waals surface area contributed by atoms with Gasteiger partial charge in [0.15, 0.2) is 0 Å². The highest BCUT2D eigenvalue weighted by Crippen LogP contribution is 2.17. The molecule has 1 aromatic heterocycles. The van der Waals surface area contributed by atoms with E-state index in [0.717, 1.165) is 6.20 Å². The quantitative estimate of drug-likeness (QED) is 0.373. The fraction of sp³-hybridized carbons (Fsp3) is 0. The molecule has 10 heavy (non-hydrogen) atoms. The first-order valence-corrected chi connectivity index (χ1v) is 2.50. The van der Waals surface area contributed by atoms with Crippen molar-refractivity contribution in [2.75, 3.05) is 0 Å². The third-order valence-electron chi connectivity index (χ3n) is 1.16. The second kappa shape index (κ2) is 1.44. The number of hydrogen-bond donors (Lipinski definition) is 0. The molecule has 0 fully saturated rings. The van der Waals surface area contributed by atoms with Gasteiger partial charge in [-0.25, -0.2) is 9.59 Å². The molecule has 0 aliphatic carbocycles. The van der Waals surface area contributed by atoms with Gasteiger partial charge in [-0.05, 0) is 0 Å². The van der Waals surface area contributed by atoms with E-state index in [0.29, 0.717) is 0 Å². The van der Waals surface area contributed by atoms with Crippen molar-refractivity contribution in [1.82, 2.24) is 5.16 Å². The lowest BCUT2D eigenvalue weighted by Crippen LogP contribution is -1.98. The first kappa shape index (κ1) is 5.16. The highest BCUT2D eigenvalue weighted by atomic mass is 16.6. The summed E-state index contributed by atoms with van der Waals surface area (Å²) in [7, 11) is 0. The van der Waals surface area contributed by atoms with Gasteiger partial charge >= 0.3 is 11.9 Å². The van der Waals surface area contributed by atoms with Crippen LogP contribution in [0, 0.1) is 0 Å². The molecular weight excluding hydrogens is 138 g/mol. The van der Waals surface area contributed by atoms with Crippen molar-refractivity contribution in [3.05, 3.63) is 17.5 Å². The molecular formula is C5HNO4. The average molecular weight is 139 g/mol. The van der Waals surface area contributed by atoms with Crippen LogP contribution in [0.1, 0.15) is 20.9 Å². The Kier molecular flexibility index (Phi) is 0.743. The number of hydrogen-bond acceptors (Lipinski definition) is 5. The van der Waals surface area contributed by atoms with Crippen molar-refractivity contribution < 1.29 is 18.8 Å². The number of rotatable bonds is 0. The molecule has 50 valence electrons. The molecule has 0 bridgehead atoms. The first-order valence-electron chi connectivity index (χ1n) is 2.50. The summed E-state index contributed by atoms with van der Waals surface area (Å²) in [5.41, 5.74) is 0.102. The molecule has 1 aliphatic heterocycles. The molecule has 5 heteroatoms. The van der Waals surface area contributed by atoms with Crippen molar-refractivity contribution >= 4 is 11.9 Å². The number of carbonyl (C=O) groups is 2. The maximum Gasteiger partial charge on any atom is 0.385 e. The summed E-state index contributed by atoms with van der Waals surface area (Å²) in [6.45, 7) is 0. The lowest BCUT2D eigenvalue weighted by molar-refractivity contribution is 0.0422. The molecule has 0 saturated heterocycles. The minimum atomic E-state index is -0.766. The van der Waals surface area contributed by atoms with Crippen molar-refractivity contribution in [3.8, 4) is 0 Å². The summed E-state index contributed by atoms with van der Waals surface area (Å²) in [4.78, 5) is 21.2. The molecule has 0 saturated carbocycles. The van der Waals surface area contributed by atoms with E-state index in [2.05, 4.69) is 14.4 Å². The standard InChI is InChI=1S/C5HNO4/c7-4-2-1-6-10-3(2)5(8)9-4/h1H. The molecule has 0 atom stereocenters. The predicted octanol–water partition coefficient (Wildman–Crippen LogP) is -0.0148. The van der Waals surface area contributed by atoms with E-state index in [1.54, 1.807) is 0 Å². The number of ether oxygens (including phenoxy) is 1. The smallest absolute Gasteiger partial charge is 0.383 e. The lowest BCUT2D eigenvalue weighted by atomic mass is 10.3. The van der Waals surface area contributed by atoms with E-state index >= 15 is 0 Å². The van der Waals surface area contributed by atoms with Gasteiger partial charge < -0.3 is 9.26 Å². The summed E-state index contributed by atoms with van der Waals surface area (Å²) in [5.74, 6) is -1.57. The van der Waals surface area contributed by atoms with Gasteiger partial charge in [0, 0.05) is 0 Å². The Morgan fingerprint density at radius 3 is 2.80 bits per heavy atom. The van der Waals surface area contributed by atoms with Crippen LogP contribution in [0.3, 0.4) is 0 Å². The fourth-order valence-corrected chi connectivity index (χ4v) is 0.718. The van der Waals surface area contributed by atoms with Crippen molar-refractivity contribution in [2.24, 2.45) is 0 Å². The highest BCUT2D eigenvalue weighted by Gasteiger charge is 2.34. The Balaban J connectivity index is 2.69. The van der Waals surface area contributed by atoms with Crippen LogP contribution in [0.5, 0.6) is 0 Å². The van der Waals surface area contributed by atoms with Crippen LogP contribution in [0.4, 0.5) is 0 Å². The summed E-state index contributed by atoms with van der Waals surface area (Å²) in [5, 5.41) is 3.25. The Morgan fingerprint density at radius 2 is 2.10 bits per heavy atom. The van der Waals surface area contributed by atoms with Gasteiger partial charge in [-0.1, -0.05) is 5.16 Å². The van der Waals surface area contributed by atoms with Crippen molar-refractivity contribution in [2.45, 2.75) is 0 Å². The van der Waals surface area contributed by atoms with E-state index in [-0.39, 0.29) is 11.3 Å². The Hall–Kier alpha value is -1.65. The third-order valence-corrected chi connectivity index (χ3v) is 1.16. The van der Waals surface area contributed by atoms with Crippen molar-refractivity contribution in [3.63, 3.8) is 0 Å². The Labute approximate surface area is 54.6 Å². The minimum absolute atomic E-state index is 0.102. The van der Waals surface area contributed by atoms with Crippen molar-refractivity contribution in [1.29, 1.82) is 0 Å². The first-order chi connectivity index (χ1) is 4.79. The summed E-state index contributed by atoms with van der Waals surface area (Å²) in [6, 6.07) is 0. The maximum absolute atomic E-state index is 10.6. The number of fused-ring (bicyclic) bond motifs is 1. The third kappa shape index (κ3) is 0.439. The monoisotopic (exact) mass is 139 g/mol. The molecule has 1 aliphatic rings. The highest BCUT2D eigenvalue weighted by molar-refractivity contribution is 6.12. The summed E-state index contributed by atoms with van der Waals surface area (Å²) < 4.78 is 8.57. The largest absolute Gasteiger partial charge is 0.385 e. The molecule has 0 radical (unpaired) electrons. The van der Waals surface area contributed by atoms with E-state index in [9.17, 15) is 9.59 Å². The van der Waals surface area contributed by atoms with Crippen LogP contribution in [-0.4, -0.2) is 17.1 Å². The second-order valence-electron chi connectivity index (χ2n) is 1.75. The van der Waals surface area contributed by atoms with E-state index in [1.807, 2.05) is 0 Å². The van der Waals surface area contributed by atoms with Crippen LogP contribution in [0.25, 0.3) is 0 Å². The molecule has 0 spiro atoms. The van der Waals surface area contributed by atoms with E-state index < -0.39 is 11.9 Å².